The number of sulfone groups is 1. The number of piperidine rings is 1. The number of rotatable bonds is 12. The van der Waals surface area contributed by atoms with Gasteiger partial charge in [-0.2, -0.15) is 5.26 Å². The largest absolute Gasteiger partial charge is 0.394 e. The Hall–Kier alpha value is -2.44. The molecule has 7 nitrogen and oxygen atoms in total. The van der Waals surface area contributed by atoms with E-state index in [9.17, 15) is 13.7 Å². The molecule has 0 amide bonds. The molecule has 184 valence electrons. The Bertz CT molecular complexity index is 1120. The van der Waals surface area contributed by atoms with Crippen molar-refractivity contribution in [2.24, 2.45) is 0 Å². The maximum absolute atomic E-state index is 12.6. The van der Waals surface area contributed by atoms with Crippen molar-refractivity contribution in [2.75, 3.05) is 50.2 Å². The second-order valence-corrected chi connectivity index (χ2v) is 10.6. The van der Waals surface area contributed by atoms with Crippen LogP contribution in [0.2, 0.25) is 0 Å². The van der Waals surface area contributed by atoms with Crippen LogP contribution in [0.4, 0.5) is 5.69 Å². The molecule has 2 aromatic carbocycles. The fourth-order valence-corrected chi connectivity index (χ4v) is 5.36. The molecule has 1 saturated heterocycles. The van der Waals surface area contributed by atoms with Crippen LogP contribution in [-0.4, -0.2) is 64.9 Å². The van der Waals surface area contributed by atoms with E-state index in [1.807, 2.05) is 24.3 Å². The van der Waals surface area contributed by atoms with E-state index in [0.29, 0.717) is 24.8 Å². The van der Waals surface area contributed by atoms with Crippen LogP contribution in [0.1, 0.15) is 38.2 Å². The van der Waals surface area contributed by atoms with E-state index >= 15 is 0 Å². The minimum Gasteiger partial charge on any atom is -0.394 e. The van der Waals surface area contributed by atoms with Gasteiger partial charge in [0, 0.05) is 24.9 Å². The van der Waals surface area contributed by atoms with E-state index in [2.05, 4.69) is 30.0 Å². The number of nitriles is 1. The third kappa shape index (κ3) is 7.28. The number of hydrogen-bond donors (Lipinski definition) is 1. The number of benzene rings is 2. The van der Waals surface area contributed by atoms with Crippen molar-refractivity contribution < 1.29 is 23.0 Å². The second-order valence-electron chi connectivity index (χ2n) is 8.57. The highest BCUT2D eigenvalue weighted by Crippen LogP contribution is 2.29. The van der Waals surface area contributed by atoms with Crippen molar-refractivity contribution in [3.63, 3.8) is 0 Å². The third-order valence-electron chi connectivity index (χ3n) is 6.03. The molecule has 0 radical (unpaired) electrons. The zero-order valence-electron chi connectivity index (χ0n) is 19.8. The SMILES string of the molecule is CC1CCCCN1c1ccc2cc(/C=C(\C#N)S(=O)(=O)CCCOCCOCCO)ccc2c1. The third-order valence-corrected chi connectivity index (χ3v) is 7.74. The highest BCUT2D eigenvalue weighted by atomic mass is 32.2. The lowest BCUT2D eigenvalue weighted by atomic mass is 10.0. The summed E-state index contributed by atoms with van der Waals surface area (Å²) in [6, 6.07) is 14.5. The Morgan fingerprint density at radius 1 is 1.12 bits per heavy atom. The van der Waals surface area contributed by atoms with Gasteiger partial charge in [-0.25, -0.2) is 8.42 Å². The van der Waals surface area contributed by atoms with Gasteiger partial charge in [0.25, 0.3) is 0 Å². The first-order valence-electron chi connectivity index (χ1n) is 11.9. The summed E-state index contributed by atoms with van der Waals surface area (Å²) >= 11 is 0. The summed E-state index contributed by atoms with van der Waals surface area (Å²) in [5, 5.41) is 20.2. The number of anilines is 1. The number of allylic oxidation sites excluding steroid dienone is 1. The Kier molecular flexibility index (Phi) is 9.90. The van der Waals surface area contributed by atoms with Crippen LogP contribution in [0.5, 0.6) is 0 Å². The van der Waals surface area contributed by atoms with Gasteiger partial charge in [0.05, 0.1) is 32.2 Å². The van der Waals surface area contributed by atoms with Crippen LogP contribution in [0, 0.1) is 11.3 Å². The van der Waals surface area contributed by atoms with E-state index < -0.39 is 9.84 Å². The molecule has 3 rings (SSSR count). The average Bonchev–Trinajstić information content (AvgIpc) is 2.84. The molecule has 1 aliphatic heterocycles. The summed E-state index contributed by atoms with van der Waals surface area (Å²) in [5.74, 6) is -0.158. The fourth-order valence-electron chi connectivity index (χ4n) is 4.19. The van der Waals surface area contributed by atoms with Gasteiger partial charge in [-0.15, -0.1) is 0 Å². The van der Waals surface area contributed by atoms with Crippen LogP contribution in [0.15, 0.2) is 41.3 Å². The Morgan fingerprint density at radius 3 is 2.59 bits per heavy atom. The van der Waals surface area contributed by atoms with E-state index in [1.54, 1.807) is 0 Å². The van der Waals surface area contributed by atoms with Crippen LogP contribution < -0.4 is 4.90 Å². The van der Waals surface area contributed by atoms with Gasteiger partial charge in [-0.05, 0) is 73.2 Å². The highest BCUT2D eigenvalue weighted by molar-refractivity contribution is 7.95. The van der Waals surface area contributed by atoms with Gasteiger partial charge in [-0.1, -0.05) is 18.2 Å². The summed E-state index contributed by atoms with van der Waals surface area (Å²) in [5.41, 5.74) is 1.90. The first kappa shape index (κ1) is 26.2. The molecule has 2 aromatic rings. The molecule has 1 fully saturated rings. The topological polar surface area (TPSA) is 99.9 Å². The second kappa shape index (κ2) is 12.9. The zero-order valence-corrected chi connectivity index (χ0v) is 20.6. The van der Waals surface area contributed by atoms with Gasteiger partial charge in [0.15, 0.2) is 9.84 Å². The number of aliphatic hydroxyl groups excluding tert-OH is 1. The summed E-state index contributed by atoms with van der Waals surface area (Å²) in [6.45, 7) is 4.47. The summed E-state index contributed by atoms with van der Waals surface area (Å²) in [4.78, 5) is 2.21. The number of hydrogen-bond acceptors (Lipinski definition) is 7. The maximum Gasteiger partial charge on any atom is 0.188 e. The smallest absolute Gasteiger partial charge is 0.188 e. The van der Waals surface area contributed by atoms with Gasteiger partial charge >= 0.3 is 0 Å². The summed E-state index contributed by atoms with van der Waals surface area (Å²) in [6.07, 6.45) is 5.43. The summed E-state index contributed by atoms with van der Waals surface area (Å²) in [7, 11) is -3.70. The maximum atomic E-state index is 12.6. The van der Waals surface area contributed by atoms with Crippen molar-refractivity contribution in [1.82, 2.24) is 0 Å². The molecule has 1 unspecified atom stereocenters. The molecular weight excluding hydrogens is 452 g/mol. The fraction of sp³-hybridized carbons (Fsp3) is 0.500. The molecule has 1 heterocycles. The monoisotopic (exact) mass is 486 g/mol. The Labute approximate surface area is 202 Å². The first-order valence-corrected chi connectivity index (χ1v) is 13.5. The van der Waals surface area contributed by atoms with E-state index in [1.165, 1.54) is 31.0 Å². The number of fused-ring (bicyclic) bond motifs is 1. The van der Waals surface area contributed by atoms with E-state index in [4.69, 9.17) is 14.6 Å². The van der Waals surface area contributed by atoms with Gasteiger partial charge in [0.2, 0.25) is 0 Å². The van der Waals surface area contributed by atoms with E-state index in [0.717, 1.165) is 17.3 Å². The molecule has 1 aliphatic rings. The van der Waals surface area contributed by atoms with Crippen molar-refractivity contribution in [1.29, 1.82) is 5.26 Å². The van der Waals surface area contributed by atoms with Crippen LogP contribution >= 0.6 is 0 Å². The van der Waals surface area contributed by atoms with Gasteiger partial charge < -0.3 is 19.5 Å². The summed E-state index contributed by atoms with van der Waals surface area (Å²) < 4.78 is 35.7. The minimum atomic E-state index is -3.70. The lowest BCUT2D eigenvalue weighted by Gasteiger charge is -2.35. The Balaban J connectivity index is 1.64. The average molecular weight is 487 g/mol. The Morgan fingerprint density at radius 2 is 1.85 bits per heavy atom. The highest BCUT2D eigenvalue weighted by Gasteiger charge is 2.19. The first-order chi connectivity index (χ1) is 16.4. The molecule has 0 aliphatic carbocycles. The minimum absolute atomic E-state index is 0.0440. The van der Waals surface area contributed by atoms with Crippen molar-refractivity contribution in [3.05, 3.63) is 46.9 Å². The molecule has 0 bridgehead atoms. The molecule has 8 heteroatoms. The zero-order chi connectivity index (χ0) is 24.4. The predicted octanol–water partition coefficient (Wildman–Crippen LogP) is 3.91. The molecular formula is C26H34N2O5S. The lowest BCUT2D eigenvalue weighted by molar-refractivity contribution is 0.0335. The van der Waals surface area contributed by atoms with Crippen LogP contribution in [-0.2, 0) is 19.3 Å². The molecule has 34 heavy (non-hydrogen) atoms. The van der Waals surface area contributed by atoms with Crippen molar-refractivity contribution in [2.45, 2.75) is 38.6 Å². The molecule has 0 spiro atoms. The molecule has 0 aromatic heterocycles. The lowest BCUT2D eigenvalue weighted by Crippen LogP contribution is -2.37. The van der Waals surface area contributed by atoms with Gasteiger partial charge in [0.1, 0.15) is 11.0 Å². The predicted molar refractivity (Wildman–Crippen MR) is 135 cm³/mol. The van der Waals surface area contributed by atoms with Crippen molar-refractivity contribution >= 4 is 32.4 Å². The molecule has 1 atom stereocenters. The normalized spacial score (nSPS) is 17.1. The van der Waals surface area contributed by atoms with Crippen LogP contribution in [0.3, 0.4) is 0 Å². The number of ether oxygens (including phenoxy) is 2. The van der Waals surface area contributed by atoms with Gasteiger partial charge in [-0.3, -0.25) is 0 Å². The van der Waals surface area contributed by atoms with Crippen LogP contribution in [0.25, 0.3) is 16.8 Å². The standard InChI is InChI=1S/C26H34N2O5S/c1-21-5-2-3-10-28(21)25-9-8-23-17-22(6-7-24(23)19-25)18-26(20-27)34(30,31)16-4-12-32-14-15-33-13-11-29/h6-9,17-19,21,29H,2-5,10-16H2,1H3/b26-18+. The van der Waals surface area contributed by atoms with Crippen molar-refractivity contribution in [3.8, 4) is 6.07 Å². The van der Waals surface area contributed by atoms with E-state index in [-0.39, 0.29) is 36.9 Å². The number of aliphatic hydroxyl groups is 1. The quantitative estimate of drug-likeness (QED) is 0.359. The molecule has 0 saturated carbocycles. The molecule has 1 N–H and O–H groups in total. The number of nitrogens with zero attached hydrogens (tertiary/aromatic N) is 2.